The van der Waals surface area contributed by atoms with Crippen LogP contribution in [0.4, 0.5) is 5.13 Å². The van der Waals surface area contributed by atoms with E-state index in [1.807, 2.05) is 32.0 Å². The van der Waals surface area contributed by atoms with Crippen molar-refractivity contribution in [3.05, 3.63) is 58.4 Å². The highest BCUT2D eigenvalue weighted by Crippen LogP contribution is 2.24. The van der Waals surface area contributed by atoms with Crippen molar-refractivity contribution >= 4 is 22.4 Å². The summed E-state index contributed by atoms with van der Waals surface area (Å²) in [4.78, 5) is 12.4. The number of hydrogen-bond donors (Lipinski definition) is 1. The third kappa shape index (κ3) is 2.53. The Labute approximate surface area is 132 Å². The lowest BCUT2D eigenvalue weighted by molar-refractivity contribution is 0.102. The van der Waals surface area contributed by atoms with Crippen molar-refractivity contribution in [2.45, 2.75) is 20.8 Å². The third-order valence-corrected chi connectivity index (χ3v) is 4.22. The van der Waals surface area contributed by atoms with Gasteiger partial charge in [0.2, 0.25) is 5.13 Å². The van der Waals surface area contributed by atoms with Gasteiger partial charge in [-0.3, -0.25) is 10.1 Å². The SMILES string of the molecule is Cc1ccccc1-n1c(C)cc(C(=O)Nc2nncs2)c1C. The summed E-state index contributed by atoms with van der Waals surface area (Å²) in [6.45, 7) is 6.02. The molecule has 22 heavy (non-hydrogen) atoms. The number of hydrogen-bond acceptors (Lipinski definition) is 4. The van der Waals surface area contributed by atoms with Crippen molar-refractivity contribution in [1.29, 1.82) is 0 Å². The quantitative estimate of drug-likeness (QED) is 0.805. The minimum atomic E-state index is -0.162. The van der Waals surface area contributed by atoms with E-state index in [1.54, 1.807) is 5.51 Å². The maximum atomic E-state index is 12.4. The first-order valence-corrected chi connectivity index (χ1v) is 7.78. The van der Waals surface area contributed by atoms with Crippen LogP contribution in [0, 0.1) is 20.8 Å². The number of carbonyl (C=O) groups excluding carboxylic acids is 1. The van der Waals surface area contributed by atoms with Gasteiger partial charge in [0.25, 0.3) is 5.91 Å². The summed E-state index contributed by atoms with van der Waals surface area (Å²) < 4.78 is 2.10. The van der Waals surface area contributed by atoms with Crippen LogP contribution < -0.4 is 5.32 Å². The molecule has 1 aromatic carbocycles. The predicted octanol–water partition coefficient (Wildman–Crippen LogP) is 3.51. The average Bonchev–Trinajstić information content (AvgIpc) is 3.08. The van der Waals surface area contributed by atoms with E-state index in [1.165, 1.54) is 16.9 Å². The smallest absolute Gasteiger partial charge is 0.259 e. The molecule has 0 unspecified atom stereocenters. The normalized spacial score (nSPS) is 10.7. The molecule has 0 spiro atoms. The molecule has 0 radical (unpaired) electrons. The van der Waals surface area contributed by atoms with Gasteiger partial charge in [-0.2, -0.15) is 0 Å². The summed E-state index contributed by atoms with van der Waals surface area (Å²) >= 11 is 1.30. The zero-order chi connectivity index (χ0) is 15.7. The molecule has 5 nitrogen and oxygen atoms in total. The van der Waals surface area contributed by atoms with Crippen LogP contribution in [0.1, 0.15) is 27.3 Å². The zero-order valence-electron chi connectivity index (χ0n) is 12.6. The molecule has 2 aromatic heterocycles. The van der Waals surface area contributed by atoms with E-state index in [4.69, 9.17) is 0 Å². The number of aryl methyl sites for hydroxylation is 2. The molecule has 2 heterocycles. The summed E-state index contributed by atoms with van der Waals surface area (Å²) in [6, 6.07) is 10.0. The number of amides is 1. The van der Waals surface area contributed by atoms with Gasteiger partial charge in [-0.1, -0.05) is 29.5 Å². The lowest BCUT2D eigenvalue weighted by Gasteiger charge is -2.12. The standard InChI is InChI=1S/C16H16N4OS/c1-10-6-4-5-7-14(10)20-11(2)8-13(12(20)3)15(21)18-16-19-17-9-22-16/h4-9H,1-3H3,(H,18,19,21). The Bertz CT molecular complexity index is 821. The highest BCUT2D eigenvalue weighted by Gasteiger charge is 2.18. The lowest BCUT2D eigenvalue weighted by atomic mass is 10.2. The van der Waals surface area contributed by atoms with E-state index < -0.39 is 0 Å². The summed E-state index contributed by atoms with van der Waals surface area (Å²) in [7, 11) is 0. The van der Waals surface area contributed by atoms with Gasteiger partial charge < -0.3 is 4.57 Å². The van der Waals surface area contributed by atoms with Gasteiger partial charge in [0.05, 0.1) is 5.56 Å². The Morgan fingerprint density at radius 3 is 2.68 bits per heavy atom. The summed E-state index contributed by atoms with van der Waals surface area (Å²) in [5.41, 5.74) is 6.43. The Kier molecular flexibility index (Phi) is 3.77. The molecule has 0 saturated heterocycles. The monoisotopic (exact) mass is 312 g/mol. The topological polar surface area (TPSA) is 59.8 Å². The van der Waals surface area contributed by atoms with E-state index in [2.05, 4.69) is 39.1 Å². The van der Waals surface area contributed by atoms with Crippen LogP contribution in [0.3, 0.4) is 0 Å². The molecule has 0 aliphatic rings. The maximum Gasteiger partial charge on any atom is 0.259 e. The van der Waals surface area contributed by atoms with E-state index >= 15 is 0 Å². The summed E-state index contributed by atoms with van der Waals surface area (Å²) in [5, 5.41) is 10.8. The van der Waals surface area contributed by atoms with Gasteiger partial charge in [0, 0.05) is 17.1 Å². The van der Waals surface area contributed by atoms with Crippen LogP contribution in [-0.4, -0.2) is 20.7 Å². The highest BCUT2D eigenvalue weighted by molar-refractivity contribution is 7.13. The first kappa shape index (κ1) is 14.5. The number of nitrogens with one attached hydrogen (secondary N) is 1. The summed E-state index contributed by atoms with van der Waals surface area (Å²) in [5.74, 6) is -0.162. The molecule has 0 bridgehead atoms. The molecule has 6 heteroatoms. The van der Waals surface area contributed by atoms with E-state index in [0.29, 0.717) is 10.7 Å². The molecule has 1 N–H and O–H groups in total. The number of aromatic nitrogens is 3. The van der Waals surface area contributed by atoms with Crippen molar-refractivity contribution in [1.82, 2.24) is 14.8 Å². The molecule has 0 atom stereocenters. The minimum Gasteiger partial charge on any atom is -0.317 e. The van der Waals surface area contributed by atoms with Crippen LogP contribution in [0.25, 0.3) is 5.69 Å². The predicted molar refractivity (Wildman–Crippen MR) is 87.8 cm³/mol. The number of benzene rings is 1. The van der Waals surface area contributed by atoms with Crippen molar-refractivity contribution in [3.8, 4) is 5.69 Å². The van der Waals surface area contributed by atoms with Gasteiger partial charge in [-0.15, -0.1) is 10.2 Å². The Morgan fingerprint density at radius 2 is 2.00 bits per heavy atom. The van der Waals surface area contributed by atoms with E-state index in [-0.39, 0.29) is 5.91 Å². The molecular weight excluding hydrogens is 296 g/mol. The molecule has 0 aliphatic carbocycles. The first-order chi connectivity index (χ1) is 10.6. The van der Waals surface area contributed by atoms with Crippen molar-refractivity contribution < 1.29 is 4.79 Å². The van der Waals surface area contributed by atoms with Crippen LogP contribution in [0.5, 0.6) is 0 Å². The second-order valence-electron chi connectivity index (χ2n) is 5.10. The van der Waals surface area contributed by atoms with Crippen LogP contribution >= 0.6 is 11.3 Å². The van der Waals surface area contributed by atoms with Gasteiger partial charge in [0.1, 0.15) is 5.51 Å². The molecular formula is C16H16N4OS. The molecule has 0 saturated carbocycles. The van der Waals surface area contributed by atoms with Crippen molar-refractivity contribution in [2.75, 3.05) is 5.32 Å². The zero-order valence-corrected chi connectivity index (χ0v) is 13.4. The van der Waals surface area contributed by atoms with Gasteiger partial charge in [-0.25, -0.2) is 0 Å². The van der Waals surface area contributed by atoms with Gasteiger partial charge >= 0.3 is 0 Å². The number of carbonyl (C=O) groups is 1. The van der Waals surface area contributed by atoms with Crippen LogP contribution in [0.15, 0.2) is 35.8 Å². The van der Waals surface area contributed by atoms with E-state index in [9.17, 15) is 4.79 Å². The number of nitrogens with zero attached hydrogens (tertiary/aromatic N) is 3. The average molecular weight is 312 g/mol. The Hall–Kier alpha value is -2.47. The molecule has 3 rings (SSSR count). The fourth-order valence-corrected chi connectivity index (χ4v) is 3.01. The fraction of sp³-hybridized carbons (Fsp3) is 0.188. The molecule has 1 amide bonds. The first-order valence-electron chi connectivity index (χ1n) is 6.90. The minimum absolute atomic E-state index is 0.162. The van der Waals surface area contributed by atoms with Gasteiger partial charge in [-0.05, 0) is 38.5 Å². The number of para-hydroxylation sites is 1. The van der Waals surface area contributed by atoms with Gasteiger partial charge in [0.15, 0.2) is 0 Å². The maximum absolute atomic E-state index is 12.4. The molecule has 112 valence electrons. The summed E-state index contributed by atoms with van der Waals surface area (Å²) in [6.07, 6.45) is 0. The van der Waals surface area contributed by atoms with Crippen LogP contribution in [-0.2, 0) is 0 Å². The third-order valence-electron chi connectivity index (χ3n) is 3.61. The second kappa shape index (κ2) is 5.73. The Morgan fingerprint density at radius 1 is 1.23 bits per heavy atom. The second-order valence-corrected chi connectivity index (χ2v) is 5.94. The molecule has 0 aliphatic heterocycles. The number of rotatable bonds is 3. The molecule has 0 fully saturated rings. The lowest BCUT2D eigenvalue weighted by Crippen LogP contribution is -2.13. The van der Waals surface area contributed by atoms with Crippen LogP contribution in [0.2, 0.25) is 0 Å². The highest BCUT2D eigenvalue weighted by atomic mass is 32.1. The fourth-order valence-electron chi connectivity index (χ4n) is 2.57. The van der Waals surface area contributed by atoms with E-state index in [0.717, 1.165) is 17.1 Å². The largest absolute Gasteiger partial charge is 0.317 e. The van der Waals surface area contributed by atoms with Crippen molar-refractivity contribution in [2.24, 2.45) is 0 Å². The Balaban J connectivity index is 2.00. The van der Waals surface area contributed by atoms with Crippen molar-refractivity contribution in [3.63, 3.8) is 0 Å². The molecule has 3 aromatic rings. The number of anilines is 1.